The highest BCUT2D eigenvalue weighted by Gasteiger charge is 1.92. The first kappa shape index (κ1) is 8.59. The van der Waals surface area contributed by atoms with Gasteiger partial charge in [-0.15, -0.1) is 0 Å². The highest BCUT2D eigenvalue weighted by Crippen LogP contribution is 2.08. The number of rotatable bonds is 1. The minimum atomic E-state index is 0.431. The van der Waals surface area contributed by atoms with Crippen LogP contribution in [-0.2, 0) is 0 Å². The third-order valence-electron chi connectivity index (χ3n) is 1.53. The van der Waals surface area contributed by atoms with E-state index >= 15 is 0 Å². The number of nitrogens with one attached hydrogen (secondary N) is 1. The summed E-state index contributed by atoms with van der Waals surface area (Å²) in [5, 5.41) is 2.96. The number of guanidine groups is 1. The molecule has 3 N–H and O–H groups in total. The number of hydrogen-bond donors (Lipinski definition) is 2. The predicted octanol–water partition coefficient (Wildman–Crippen LogP) is 1.35. The predicted molar refractivity (Wildman–Crippen MR) is 52.3 cm³/mol. The standard InChI is InChI=1S/C9H13N3/c1-7-4-3-5-8(6-7)12-9(10)11-2/h3-6H,1-2H3,(H3,10,11,12). The van der Waals surface area contributed by atoms with Crippen LogP contribution < -0.4 is 11.1 Å². The fourth-order valence-corrected chi connectivity index (χ4v) is 0.927. The molecule has 0 aliphatic carbocycles. The summed E-state index contributed by atoms with van der Waals surface area (Å²) in [5.74, 6) is 0.431. The van der Waals surface area contributed by atoms with E-state index in [9.17, 15) is 0 Å². The van der Waals surface area contributed by atoms with Gasteiger partial charge in [0.25, 0.3) is 0 Å². The zero-order valence-corrected chi connectivity index (χ0v) is 7.33. The molecule has 0 bridgehead atoms. The molecule has 0 fully saturated rings. The highest BCUT2D eigenvalue weighted by atomic mass is 15.1. The number of aliphatic imine (C=N–C) groups is 1. The summed E-state index contributed by atoms with van der Waals surface area (Å²) in [6.45, 7) is 2.03. The van der Waals surface area contributed by atoms with Gasteiger partial charge in [0.1, 0.15) is 0 Å². The number of nitrogens with zero attached hydrogens (tertiary/aromatic N) is 1. The molecule has 12 heavy (non-hydrogen) atoms. The van der Waals surface area contributed by atoms with Gasteiger partial charge in [0.15, 0.2) is 5.96 Å². The molecule has 0 radical (unpaired) electrons. The SMILES string of the molecule is CN=C(N)Nc1cccc(C)c1. The normalized spacial score (nSPS) is 11.3. The zero-order valence-electron chi connectivity index (χ0n) is 7.33. The summed E-state index contributed by atoms with van der Waals surface area (Å²) in [7, 11) is 1.65. The van der Waals surface area contributed by atoms with E-state index in [4.69, 9.17) is 5.73 Å². The van der Waals surface area contributed by atoms with Crippen molar-refractivity contribution in [2.24, 2.45) is 10.7 Å². The largest absolute Gasteiger partial charge is 0.370 e. The van der Waals surface area contributed by atoms with Gasteiger partial charge in [0, 0.05) is 12.7 Å². The molecule has 0 atom stereocenters. The molecule has 1 aromatic rings. The van der Waals surface area contributed by atoms with Crippen LogP contribution in [-0.4, -0.2) is 13.0 Å². The molecule has 0 saturated carbocycles. The average Bonchev–Trinajstić information content (AvgIpc) is 2.04. The number of benzene rings is 1. The van der Waals surface area contributed by atoms with E-state index in [-0.39, 0.29) is 0 Å². The van der Waals surface area contributed by atoms with E-state index < -0.39 is 0 Å². The molecule has 0 aromatic heterocycles. The van der Waals surface area contributed by atoms with Gasteiger partial charge in [0.05, 0.1) is 0 Å². The third-order valence-corrected chi connectivity index (χ3v) is 1.53. The first-order valence-electron chi connectivity index (χ1n) is 3.78. The lowest BCUT2D eigenvalue weighted by atomic mass is 10.2. The third kappa shape index (κ3) is 2.27. The monoisotopic (exact) mass is 163 g/mol. The Bertz CT molecular complexity index is 292. The molecule has 0 heterocycles. The molecule has 3 heteroatoms. The minimum Gasteiger partial charge on any atom is -0.370 e. The fourth-order valence-electron chi connectivity index (χ4n) is 0.927. The van der Waals surface area contributed by atoms with Crippen LogP contribution in [0.15, 0.2) is 29.3 Å². The number of hydrogen-bond acceptors (Lipinski definition) is 1. The van der Waals surface area contributed by atoms with Crippen LogP contribution in [0.5, 0.6) is 0 Å². The molecule has 0 saturated heterocycles. The van der Waals surface area contributed by atoms with Crippen molar-refractivity contribution in [3.05, 3.63) is 29.8 Å². The van der Waals surface area contributed by atoms with Crippen molar-refractivity contribution in [3.63, 3.8) is 0 Å². The summed E-state index contributed by atoms with van der Waals surface area (Å²) in [4.78, 5) is 3.80. The number of aryl methyl sites for hydroxylation is 1. The Labute approximate surface area is 72.3 Å². The molecule has 0 unspecified atom stereocenters. The highest BCUT2D eigenvalue weighted by molar-refractivity contribution is 5.92. The van der Waals surface area contributed by atoms with E-state index in [0.717, 1.165) is 5.69 Å². The van der Waals surface area contributed by atoms with Gasteiger partial charge in [-0.1, -0.05) is 12.1 Å². The molecule has 0 amide bonds. The lowest BCUT2D eigenvalue weighted by molar-refractivity contribution is 1.37. The maximum atomic E-state index is 5.49. The molecule has 3 nitrogen and oxygen atoms in total. The summed E-state index contributed by atoms with van der Waals surface area (Å²) in [6.07, 6.45) is 0. The van der Waals surface area contributed by atoms with Crippen LogP contribution in [0.1, 0.15) is 5.56 Å². The Balaban J connectivity index is 2.76. The number of nitrogens with two attached hydrogens (primary N) is 1. The second-order valence-corrected chi connectivity index (χ2v) is 2.60. The van der Waals surface area contributed by atoms with E-state index in [0.29, 0.717) is 5.96 Å². The number of anilines is 1. The Kier molecular flexibility index (Phi) is 2.69. The van der Waals surface area contributed by atoms with Crippen molar-refractivity contribution in [2.75, 3.05) is 12.4 Å². The molecule has 0 aliphatic rings. The van der Waals surface area contributed by atoms with E-state index in [1.165, 1.54) is 5.56 Å². The van der Waals surface area contributed by atoms with Crippen molar-refractivity contribution in [1.82, 2.24) is 0 Å². The summed E-state index contributed by atoms with van der Waals surface area (Å²) < 4.78 is 0. The lowest BCUT2D eigenvalue weighted by Gasteiger charge is -2.04. The van der Waals surface area contributed by atoms with Crippen LogP contribution in [0.2, 0.25) is 0 Å². The lowest BCUT2D eigenvalue weighted by Crippen LogP contribution is -2.21. The topological polar surface area (TPSA) is 50.4 Å². The van der Waals surface area contributed by atoms with Gasteiger partial charge in [-0.05, 0) is 24.6 Å². The zero-order chi connectivity index (χ0) is 8.97. The van der Waals surface area contributed by atoms with Crippen molar-refractivity contribution in [1.29, 1.82) is 0 Å². The van der Waals surface area contributed by atoms with Crippen LogP contribution in [0, 0.1) is 6.92 Å². The second kappa shape index (κ2) is 3.76. The van der Waals surface area contributed by atoms with Crippen LogP contribution in [0.4, 0.5) is 5.69 Å². The van der Waals surface area contributed by atoms with Gasteiger partial charge < -0.3 is 11.1 Å². The molecule has 0 aliphatic heterocycles. The maximum absolute atomic E-state index is 5.49. The average molecular weight is 163 g/mol. The molecule has 1 aromatic carbocycles. The van der Waals surface area contributed by atoms with Crippen LogP contribution in [0.25, 0.3) is 0 Å². The Morgan fingerprint density at radius 2 is 2.25 bits per heavy atom. The second-order valence-electron chi connectivity index (χ2n) is 2.60. The van der Waals surface area contributed by atoms with Gasteiger partial charge in [0.2, 0.25) is 0 Å². The quantitative estimate of drug-likeness (QED) is 0.485. The molecular weight excluding hydrogens is 150 g/mol. The van der Waals surface area contributed by atoms with Crippen molar-refractivity contribution in [3.8, 4) is 0 Å². The first-order valence-corrected chi connectivity index (χ1v) is 3.78. The van der Waals surface area contributed by atoms with E-state index in [1.807, 2.05) is 31.2 Å². The Morgan fingerprint density at radius 3 is 2.83 bits per heavy atom. The smallest absolute Gasteiger partial charge is 0.192 e. The van der Waals surface area contributed by atoms with Gasteiger partial charge >= 0.3 is 0 Å². The van der Waals surface area contributed by atoms with Gasteiger partial charge in [-0.25, -0.2) is 0 Å². The summed E-state index contributed by atoms with van der Waals surface area (Å²) in [5.41, 5.74) is 7.66. The fraction of sp³-hybridized carbons (Fsp3) is 0.222. The van der Waals surface area contributed by atoms with Crippen molar-refractivity contribution >= 4 is 11.6 Å². The van der Waals surface area contributed by atoms with Crippen LogP contribution >= 0.6 is 0 Å². The van der Waals surface area contributed by atoms with Gasteiger partial charge in [-0.2, -0.15) is 0 Å². The maximum Gasteiger partial charge on any atom is 0.192 e. The Morgan fingerprint density at radius 1 is 1.50 bits per heavy atom. The van der Waals surface area contributed by atoms with Gasteiger partial charge in [-0.3, -0.25) is 4.99 Å². The minimum absolute atomic E-state index is 0.431. The van der Waals surface area contributed by atoms with E-state index in [1.54, 1.807) is 7.05 Å². The Hall–Kier alpha value is -1.51. The van der Waals surface area contributed by atoms with Crippen molar-refractivity contribution in [2.45, 2.75) is 6.92 Å². The molecule has 1 rings (SSSR count). The van der Waals surface area contributed by atoms with E-state index in [2.05, 4.69) is 10.3 Å². The summed E-state index contributed by atoms with van der Waals surface area (Å²) in [6, 6.07) is 7.97. The van der Waals surface area contributed by atoms with Crippen molar-refractivity contribution < 1.29 is 0 Å². The van der Waals surface area contributed by atoms with Crippen LogP contribution in [0.3, 0.4) is 0 Å². The molecule has 64 valence electrons. The molecule has 0 spiro atoms. The first-order chi connectivity index (χ1) is 5.72. The summed E-state index contributed by atoms with van der Waals surface area (Å²) >= 11 is 0. The molecular formula is C9H13N3.